The van der Waals surface area contributed by atoms with E-state index in [9.17, 15) is 9.59 Å². The zero-order valence-corrected chi connectivity index (χ0v) is 19.4. The van der Waals surface area contributed by atoms with Crippen LogP contribution in [0.4, 0.5) is 11.4 Å². The molecule has 0 unspecified atom stereocenters. The highest BCUT2D eigenvalue weighted by Gasteiger charge is 2.26. The second kappa shape index (κ2) is 9.91. The summed E-state index contributed by atoms with van der Waals surface area (Å²) in [5.74, 6) is -0.403. The van der Waals surface area contributed by atoms with Crippen LogP contribution in [-0.2, 0) is 16.0 Å². The first-order valence-corrected chi connectivity index (χ1v) is 11.5. The number of methoxy groups -OCH3 is 1. The minimum atomic E-state index is -0.234. The number of fused-ring (bicyclic) bond motifs is 2. The number of hydrogen-bond acceptors (Lipinski definition) is 4. The maximum absolute atomic E-state index is 13.6. The molecule has 3 aromatic carbocycles. The van der Waals surface area contributed by atoms with Crippen molar-refractivity contribution >= 4 is 45.7 Å². The monoisotopic (exact) mass is 463 g/mol. The molecule has 5 rings (SSSR count). The molecule has 2 amide bonds. The molecule has 6 nitrogen and oxygen atoms in total. The summed E-state index contributed by atoms with van der Waals surface area (Å²) in [5.41, 5.74) is 6.88. The molecule has 0 aliphatic heterocycles. The number of ether oxygens (including phenoxy) is 1. The normalized spacial score (nSPS) is 13.6. The van der Waals surface area contributed by atoms with Crippen molar-refractivity contribution in [2.45, 2.75) is 12.8 Å². The first kappa shape index (κ1) is 22.5. The molecule has 0 spiro atoms. The molecular formula is C29H25N3O3. The van der Waals surface area contributed by atoms with Crippen LogP contribution in [0.1, 0.15) is 33.6 Å². The van der Waals surface area contributed by atoms with E-state index in [4.69, 9.17) is 9.72 Å². The Bertz CT molecular complexity index is 1430. The minimum Gasteiger partial charge on any atom is -0.375 e. The fourth-order valence-corrected chi connectivity index (χ4v) is 4.45. The molecule has 0 atom stereocenters. The van der Waals surface area contributed by atoms with Gasteiger partial charge in [-0.15, -0.1) is 0 Å². The maximum Gasteiger partial charge on any atom is 0.256 e. The topological polar surface area (TPSA) is 80.3 Å². The molecule has 0 saturated carbocycles. The van der Waals surface area contributed by atoms with Crippen molar-refractivity contribution in [3.8, 4) is 0 Å². The maximum atomic E-state index is 13.6. The SMILES string of the molecule is COCC(=O)Nc1ccc(NC(=O)c2c3c(nc4ccccc24)/C(=C/c2ccccc2)CC3)cc1. The van der Waals surface area contributed by atoms with E-state index in [-0.39, 0.29) is 18.4 Å². The van der Waals surface area contributed by atoms with E-state index in [1.165, 1.54) is 7.11 Å². The van der Waals surface area contributed by atoms with Gasteiger partial charge >= 0.3 is 0 Å². The first-order valence-electron chi connectivity index (χ1n) is 11.5. The van der Waals surface area contributed by atoms with Crippen molar-refractivity contribution in [3.05, 3.63) is 101 Å². The third-order valence-electron chi connectivity index (χ3n) is 6.01. The molecule has 0 bridgehead atoms. The number of anilines is 2. The zero-order chi connectivity index (χ0) is 24.2. The Balaban J connectivity index is 1.47. The number of hydrogen-bond donors (Lipinski definition) is 2. The number of carbonyl (C=O) groups excluding carboxylic acids is 2. The molecule has 2 N–H and O–H groups in total. The summed E-state index contributed by atoms with van der Waals surface area (Å²) in [6.45, 7) is -0.0145. The van der Waals surface area contributed by atoms with Gasteiger partial charge in [-0.2, -0.15) is 0 Å². The standard InChI is InChI=1S/C29H25N3O3/c1-35-18-26(33)30-21-12-14-22(15-13-21)31-29(34)27-23-9-5-6-10-25(23)32-28-20(11-16-24(27)28)17-19-7-3-2-4-8-19/h2-10,12-15,17H,11,16,18H2,1H3,(H,30,33)(H,31,34)/b20-17+. The third kappa shape index (κ3) is 4.83. The van der Waals surface area contributed by atoms with Crippen LogP contribution >= 0.6 is 0 Å². The molecule has 0 radical (unpaired) electrons. The van der Waals surface area contributed by atoms with Crippen LogP contribution < -0.4 is 10.6 Å². The van der Waals surface area contributed by atoms with Gasteiger partial charge in [0.1, 0.15) is 6.61 Å². The molecule has 4 aromatic rings. The lowest BCUT2D eigenvalue weighted by molar-refractivity contribution is -0.119. The van der Waals surface area contributed by atoms with E-state index in [1.54, 1.807) is 24.3 Å². The molecule has 6 heteroatoms. The molecule has 0 fully saturated rings. The van der Waals surface area contributed by atoms with Gasteiger partial charge in [-0.25, -0.2) is 4.98 Å². The summed E-state index contributed by atoms with van der Waals surface area (Å²) >= 11 is 0. The Morgan fingerprint density at radius 1 is 0.886 bits per heavy atom. The number of para-hydroxylation sites is 1. The predicted octanol–water partition coefficient (Wildman–Crippen LogP) is 5.56. The second-order valence-electron chi connectivity index (χ2n) is 8.42. The van der Waals surface area contributed by atoms with Gasteiger partial charge in [0.05, 0.1) is 16.8 Å². The van der Waals surface area contributed by atoms with E-state index in [2.05, 4.69) is 28.8 Å². The van der Waals surface area contributed by atoms with E-state index < -0.39 is 0 Å². The Hall–Kier alpha value is -4.29. The Labute approximate surface area is 203 Å². The largest absolute Gasteiger partial charge is 0.375 e. The van der Waals surface area contributed by atoms with Crippen molar-refractivity contribution in [1.29, 1.82) is 0 Å². The minimum absolute atomic E-state index is 0.0145. The lowest BCUT2D eigenvalue weighted by Crippen LogP contribution is -2.17. The van der Waals surface area contributed by atoms with Gasteiger partial charge in [-0.3, -0.25) is 9.59 Å². The fraction of sp³-hybridized carbons (Fsp3) is 0.138. The molecule has 1 heterocycles. The van der Waals surface area contributed by atoms with E-state index in [1.807, 2.05) is 42.5 Å². The average molecular weight is 464 g/mol. The number of carbonyl (C=O) groups is 2. The van der Waals surface area contributed by atoms with Crippen molar-refractivity contribution in [1.82, 2.24) is 4.98 Å². The van der Waals surface area contributed by atoms with Crippen LogP contribution in [0, 0.1) is 0 Å². The average Bonchev–Trinajstić information content (AvgIpc) is 3.26. The van der Waals surface area contributed by atoms with E-state index >= 15 is 0 Å². The molecule has 0 saturated heterocycles. The lowest BCUT2D eigenvalue weighted by Gasteiger charge is -2.13. The summed E-state index contributed by atoms with van der Waals surface area (Å²) in [6, 6.07) is 25.0. The smallest absolute Gasteiger partial charge is 0.256 e. The van der Waals surface area contributed by atoms with Gasteiger partial charge in [0.15, 0.2) is 0 Å². The summed E-state index contributed by atoms with van der Waals surface area (Å²) in [6.07, 6.45) is 3.76. The van der Waals surface area contributed by atoms with Crippen LogP contribution in [-0.4, -0.2) is 30.5 Å². The van der Waals surface area contributed by atoms with Gasteiger partial charge < -0.3 is 15.4 Å². The lowest BCUT2D eigenvalue weighted by atomic mass is 9.99. The zero-order valence-electron chi connectivity index (χ0n) is 19.4. The number of benzene rings is 3. The predicted molar refractivity (Wildman–Crippen MR) is 139 cm³/mol. The molecular weight excluding hydrogens is 438 g/mol. The Morgan fingerprint density at radius 2 is 1.57 bits per heavy atom. The number of allylic oxidation sites excluding steroid dienone is 1. The van der Waals surface area contributed by atoms with Gasteiger partial charge in [-0.05, 0) is 65.9 Å². The van der Waals surface area contributed by atoms with Crippen LogP contribution in [0.3, 0.4) is 0 Å². The highest BCUT2D eigenvalue weighted by molar-refractivity contribution is 6.14. The van der Waals surface area contributed by atoms with Gasteiger partial charge in [0.25, 0.3) is 5.91 Å². The highest BCUT2D eigenvalue weighted by Crippen LogP contribution is 2.37. The van der Waals surface area contributed by atoms with Crippen molar-refractivity contribution < 1.29 is 14.3 Å². The Kier molecular flexibility index (Phi) is 6.37. The number of rotatable bonds is 6. The molecule has 174 valence electrons. The molecule has 35 heavy (non-hydrogen) atoms. The number of amides is 2. The van der Waals surface area contributed by atoms with Crippen LogP contribution in [0.2, 0.25) is 0 Å². The summed E-state index contributed by atoms with van der Waals surface area (Å²) in [7, 11) is 1.47. The number of aromatic nitrogens is 1. The van der Waals surface area contributed by atoms with Gasteiger partial charge in [0.2, 0.25) is 5.91 Å². The fourth-order valence-electron chi connectivity index (χ4n) is 4.45. The summed E-state index contributed by atoms with van der Waals surface area (Å²) in [5, 5.41) is 6.61. The number of nitrogens with zero attached hydrogens (tertiary/aromatic N) is 1. The quantitative estimate of drug-likeness (QED) is 0.392. The van der Waals surface area contributed by atoms with Crippen molar-refractivity contribution in [2.75, 3.05) is 24.4 Å². The summed E-state index contributed by atoms with van der Waals surface area (Å²) in [4.78, 5) is 30.2. The van der Waals surface area contributed by atoms with Crippen molar-refractivity contribution in [3.63, 3.8) is 0 Å². The van der Waals surface area contributed by atoms with Crippen LogP contribution in [0.25, 0.3) is 22.6 Å². The second-order valence-corrected chi connectivity index (χ2v) is 8.42. The Morgan fingerprint density at radius 3 is 2.31 bits per heavy atom. The van der Waals surface area contributed by atoms with Gasteiger partial charge in [-0.1, -0.05) is 48.5 Å². The molecule has 1 aliphatic rings. The van der Waals surface area contributed by atoms with E-state index in [0.717, 1.165) is 46.1 Å². The van der Waals surface area contributed by atoms with Crippen LogP contribution in [0.5, 0.6) is 0 Å². The highest BCUT2D eigenvalue weighted by atomic mass is 16.5. The summed E-state index contributed by atoms with van der Waals surface area (Å²) < 4.78 is 4.84. The van der Waals surface area contributed by atoms with Gasteiger partial charge in [0, 0.05) is 23.9 Å². The molecule has 1 aromatic heterocycles. The van der Waals surface area contributed by atoms with E-state index in [0.29, 0.717) is 16.9 Å². The number of nitrogens with one attached hydrogen (secondary N) is 2. The third-order valence-corrected chi connectivity index (χ3v) is 6.01. The van der Waals surface area contributed by atoms with Crippen LogP contribution in [0.15, 0.2) is 78.9 Å². The van der Waals surface area contributed by atoms with Crippen molar-refractivity contribution in [2.24, 2.45) is 0 Å². The molecule has 1 aliphatic carbocycles. The first-order chi connectivity index (χ1) is 17.1. The number of pyridine rings is 1.